The molecule has 22 heavy (non-hydrogen) atoms. The topological polar surface area (TPSA) is 62.5 Å². The molecule has 0 spiro atoms. The van der Waals surface area contributed by atoms with Crippen LogP contribution < -0.4 is 5.32 Å². The Morgan fingerprint density at radius 1 is 1.36 bits per heavy atom. The zero-order valence-corrected chi connectivity index (χ0v) is 12.2. The second kappa shape index (κ2) is 5.93. The Hall–Kier alpha value is -2.14. The van der Waals surface area contributed by atoms with Crippen molar-refractivity contribution in [2.75, 3.05) is 0 Å². The van der Waals surface area contributed by atoms with E-state index in [1.54, 1.807) is 13.2 Å². The lowest BCUT2D eigenvalue weighted by atomic mass is 10.0. The molecule has 4 unspecified atom stereocenters. The molecule has 0 radical (unpaired) electrons. The smallest absolute Gasteiger partial charge is 0.224 e. The average Bonchev–Trinajstić information content (AvgIpc) is 3.13. The van der Waals surface area contributed by atoms with Crippen LogP contribution in [-0.2, 0) is 4.79 Å². The van der Waals surface area contributed by atoms with Gasteiger partial charge in [0, 0.05) is 11.8 Å². The summed E-state index contributed by atoms with van der Waals surface area (Å²) in [5.74, 6) is 0.410. The van der Waals surface area contributed by atoms with Gasteiger partial charge in [0.15, 0.2) is 0 Å². The minimum absolute atomic E-state index is 0.0879. The number of carbonyl (C=O) groups is 1. The first-order valence-corrected chi connectivity index (χ1v) is 7.33. The molecule has 2 N–H and O–H groups in total. The number of hydrogen-bond acceptors (Lipinski definition) is 3. The number of hydrogen-bond donors (Lipinski definition) is 2. The van der Waals surface area contributed by atoms with Crippen LogP contribution in [0.3, 0.4) is 0 Å². The van der Waals surface area contributed by atoms with Crippen molar-refractivity contribution in [3.05, 3.63) is 59.8 Å². The van der Waals surface area contributed by atoms with E-state index in [1.807, 2.05) is 12.1 Å². The van der Waals surface area contributed by atoms with E-state index in [0.717, 1.165) is 12.2 Å². The van der Waals surface area contributed by atoms with Gasteiger partial charge in [-0.1, -0.05) is 12.1 Å². The molecule has 4 atom stereocenters. The number of halogens is 1. The van der Waals surface area contributed by atoms with Crippen molar-refractivity contribution in [3.8, 4) is 0 Å². The Morgan fingerprint density at radius 2 is 2.09 bits per heavy atom. The van der Waals surface area contributed by atoms with Crippen LogP contribution in [0.1, 0.15) is 36.7 Å². The zero-order valence-electron chi connectivity index (χ0n) is 12.2. The van der Waals surface area contributed by atoms with E-state index in [2.05, 4.69) is 5.32 Å². The van der Waals surface area contributed by atoms with Crippen LogP contribution in [0.25, 0.3) is 0 Å². The molecule has 1 amide bonds. The third-order valence-electron chi connectivity index (χ3n) is 4.09. The van der Waals surface area contributed by atoms with Gasteiger partial charge in [0.25, 0.3) is 0 Å². The summed E-state index contributed by atoms with van der Waals surface area (Å²) in [6.45, 7) is 1.73. The minimum atomic E-state index is -0.870. The molecule has 1 aromatic heterocycles. The number of aliphatic hydroxyl groups excluding tert-OH is 1. The molecule has 1 saturated carbocycles. The fourth-order valence-corrected chi connectivity index (χ4v) is 2.66. The first-order valence-electron chi connectivity index (χ1n) is 7.33. The lowest BCUT2D eigenvalue weighted by molar-refractivity contribution is -0.123. The maximum Gasteiger partial charge on any atom is 0.224 e. The molecule has 5 heteroatoms. The maximum absolute atomic E-state index is 12.9. The highest BCUT2D eigenvalue weighted by Gasteiger charge is 2.46. The van der Waals surface area contributed by atoms with Crippen molar-refractivity contribution in [3.63, 3.8) is 0 Å². The van der Waals surface area contributed by atoms with Crippen LogP contribution in [-0.4, -0.2) is 17.1 Å². The first kappa shape index (κ1) is 14.8. The molecule has 1 aromatic carbocycles. The van der Waals surface area contributed by atoms with E-state index < -0.39 is 12.1 Å². The normalized spacial score (nSPS) is 22.9. The van der Waals surface area contributed by atoms with Crippen LogP contribution in [0.15, 0.2) is 47.1 Å². The summed E-state index contributed by atoms with van der Waals surface area (Å²) in [6.07, 6.45) is 1.49. The summed E-state index contributed by atoms with van der Waals surface area (Å²) >= 11 is 0. The van der Waals surface area contributed by atoms with Crippen LogP contribution in [0, 0.1) is 11.7 Å². The largest absolute Gasteiger partial charge is 0.469 e. The predicted molar refractivity (Wildman–Crippen MR) is 78.5 cm³/mol. The maximum atomic E-state index is 12.9. The van der Waals surface area contributed by atoms with Gasteiger partial charge in [-0.05, 0) is 43.2 Å². The number of nitrogens with one attached hydrogen (secondary N) is 1. The van der Waals surface area contributed by atoms with Crippen LogP contribution >= 0.6 is 0 Å². The summed E-state index contributed by atoms with van der Waals surface area (Å²) in [4.78, 5) is 12.2. The van der Waals surface area contributed by atoms with Gasteiger partial charge in [0.2, 0.25) is 5.91 Å². The van der Waals surface area contributed by atoms with Gasteiger partial charge in [-0.3, -0.25) is 4.79 Å². The monoisotopic (exact) mass is 303 g/mol. The first-order chi connectivity index (χ1) is 10.6. The predicted octanol–water partition coefficient (Wildman–Crippen LogP) is 2.76. The van der Waals surface area contributed by atoms with E-state index in [4.69, 9.17) is 4.42 Å². The Bertz CT molecular complexity index is 638. The summed E-state index contributed by atoms with van der Waals surface area (Å²) in [7, 11) is 0. The quantitative estimate of drug-likeness (QED) is 0.893. The molecule has 116 valence electrons. The minimum Gasteiger partial charge on any atom is -0.469 e. The Morgan fingerprint density at radius 3 is 2.73 bits per heavy atom. The van der Waals surface area contributed by atoms with E-state index in [1.165, 1.54) is 24.3 Å². The van der Waals surface area contributed by atoms with Crippen LogP contribution in [0.5, 0.6) is 0 Å². The lowest BCUT2D eigenvalue weighted by Gasteiger charge is -2.20. The number of benzene rings is 1. The molecule has 1 fully saturated rings. The molecule has 2 aromatic rings. The molecular weight excluding hydrogens is 285 g/mol. The van der Waals surface area contributed by atoms with Gasteiger partial charge >= 0.3 is 0 Å². The molecule has 1 aliphatic carbocycles. The third kappa shape index (κ3) is 3.04. The standard InChI is InChI=1S/C17H18FNO3/c1-10(16(20)11-4-6-12(18)7-5-11)19-17(21)14-9-13(14)15-3-2-8-22-15/h2-8,10,13-14,16,20H,9H2,1H3,(H,19,21). The molecule has 0 saturated heterocycles. The summed E-state index contributed by atoms with van der Waals surface area (Å²) < 4.78 is 18.2. The third-order valence-corrected chi connectivity index (χ3v) is 4.09. The van der Waals surface area contributed by atoms with E-state index in [0.29, 0.717) is 5.56 Å². The van der Waals surface area contributed by atoms with Gasteiger partial charge in [0.05, 0.1) is 18.4 Å². The van der Waals surface area contributed by atoms with Gasteiger partial charge in [-0.15, -0.1) is 0 Å². The number of carbonyl (C=O) groups excluding carboxylic acids is 1. The van der Waals surface area contributed by atoms with Crippen molar-refractivity contribution < 1.29 is 18.7 Å². The fraction of sp³-hybridized carbons (Fsp3) is 0.353. The number of aliphatic hydroxyl groups is 1. The lowest BCUT2D eigenvalue weighted by Crippen LogP contribution is -2.38. The van der Waals surface area contributed by atoms with Crippen molar-refractivity contribution in [1.29, 1.82) is 0 Å². The van der Waals surface area contributed by atoms with Gasteiger partial charge in [-0.25, -0.2) is 4.39 Å². The van der Waals surface area contributed by atoms with Crippen molar-refractivity contribution in [1.82, 2.24) is 5.32 Å². The highest BCUT2D eigenvalue weighted by atomic mass is 19.1. The fourth-order valence-electron chi connectivity index (χ4n) is 2.66. The summed E-state index contributed by atoms with van der Waals surface area (Å²) in [5.41, 5.74) is 0.576. The molecule has 0 bridgehead atoms. The van der Waals surface area contributed by atoms with E-state index in [9.17, 15) is 14.3 Å². The van der Waals surface area contributed by atoms with Crippen LogP contribution in [0.2, 0.25) is 0 Å². The highest BCUT2D eigenvalue weighted by Crippen LogP contribution is 2.47. The molecule has 4 nitrogen and oxygen atoms in total. The average molecular weight is 303 g/mol. The summed E-state index contributed by atoms with van der Waals surface area (Å²) in [6, 6.07) is 8.85. The van der Waals surface area contributed by atoms with Gasteiger partial charge in [0.1, 0.15) is 11.6 Å². The highest BCUT2D eigenvalue weighted by molar-refractivity contribution is 5.83. The second-order valence-electron chi connectivity index (χ2n) is 5.76. The van der Waals surface area contributed by atoms with Crippen molar-refractivity contribution in [2.45, 2.75) is 31.4 Å². The number of amides is 1. The van der Waals surface area contributed by atoms with Gasteiger partial charge in [-0.2, -0.15) is 0 Å². The molecule has 0 aliphatic heterocycles. The second-order valence-corrected chi connectivity index (χ2v) is 5.76. The SMILES string of the molecule is CC(NC(=O)C1CC1c1ccco1)C(O)c1ccc(F)cc1. The van der Waals surface area contributed by atoms with E-state index in [-0.39, 0.29) is 23.6 Å². The number of furan rings is 1. The van der Waals surface area contributed by atoms with E-state index >= 15 is 0 Å². The van der Waals surface area contributed by atoms with Gasteiger partial charge < -0.3 is 14.8 Å². The molecule has 1 heterocycles. The molecular formula is C17H18FNO3. The molecule has 1 aliphatic rings. The zero-order chi connectivity index (χ0) is 15.7. The van der Waals surface area contributed by atoms with Crippen LogP contribution in [0.4, 0.5) is 4.39 Å². The van der Waals surface area contributed by atoms with Crippen molar-refractivity contribution >= 4 is 5.91 Å². The van der Waals surface area contributed by atoms with Crippen molar-refractivity contribution in [2.24, 2.45) is 5.92 Å². The summed E-state index contributed by atoms with van der Waals surface area (Å²) in [5, 5.41) is 13.0. The Labute approximate surface area is 128 Å². The molecule has 3 rings (SSSR count). The Kier molecular flexibility index (Phi) is 3.98. The Balaban J connectivity index is 1.56. The number of rotatable bonds is 5.